The zero-order valence-electron chi connectivity index (χ0n) is 13.7. The van der Waals surface area contributed by atoms with Crippen molar-refractivity contribution in [3.05, 3.63) is 23.3 Å². The van der Waals surface area contributed by atoms with Gasteiger partial charge in [-0.1, -0.05) is 23.5 Å². The van der Waals surface area contributed by atoms with E-state index in [1.807, 2.05) is 4.90 Å². The Hall–Kier alpha value is -1.62. The first kappa shape index (κ1) is 14.9. The van der Waals surface area contributed by atoms with E-state index < -0.39 is 0 Å². The van der Waals surface area contributed by atoms with Crippen molar-refractivity contribution >= 4 is 27.5 Å². The summed E-state index contributed by atoms with van der Waals surface area (Å²) in [6, 6.07) is 4.25. The molecule has 4 rings (SSSR count). The van der Waals surface area contributed by atoms with Gasteiger partial charge in [0.2, 0.25) is 5.91 Å². The molecule has 1 saturated carbocycles. The monoisotopic (exact) mass is 330 g/mol. The average molecular weight is 330 g/mol. The Morgan fingerprint density at radius 1 is 1.17 bits per heavy atom. The molecule has 0 atom stereocenters. The Labute approximate surface area is 140 Å². The van der Waals surface area contributed by atoms with Crippen LogP contribution in [0.5, 0.6) is 5.19 Å². The molecule has 1 saturated heterocycles. The van der Waals surface area contributed by atoms with Crippen molar-refractivity contribution < 1.29 is 9.53 Å². The Morgan fingerprint density at radius 2 is 1.87 bits per heavy atom. The molecule has 2 heterocycles. The summed E-state index contributed by atoms with van der Waals surface area (Å²) in [4.78, 5) is 18.8. The second-order valence-corrected chi connectivity index (χ2v) is 7.74. The molecule has 4 nitrogen and oxygen atoms in total. The SMILES string of the molecule is Cc1ccc(C)c2sc(OC3CCN(C(=O)C4CC4)CC3)nc12. The number of carbonyl (C=O) groups is 1. The van der Waals surface area contributed by atoms with Crippen molar-refractivity contribution in [1.29, 1.82) is 0 Å². The number of piperidine rings is 1. The lowest BCUT2D eigenvalue weighted by Gasteiger charge is -2.31. The number of rotatable bonds is 3. The van der Waals surface area contributed by atoms with Crippen LogP contribution in [0.1, 0.15) is 36.8 Å². The summed E-state index contributed by atoms with van der Waals surface area (Å²) in [7, 11) is 0. The first-order valence-corrected chi connectivity index (χ1v) is 9.25. The highest BCUT2D eigenvalue weighted by molar-refractivity contribution is 7.20. The molecule has 0 radical (unpaired) electrons. The van der Waals surface area contributed by atoms with Gasteiger partial charge >= 0.3 is 0 Å². The molecule has 0 unspecified atom stereocenters. The number of carbonyl (C=O) groups excluding carboxylic acids is 1. The molecule has 1 aromatic carbocycles. The summed E-state index contributed by atoms with van der Waals surface area (Å²) >= 11 is 1.64. The zero-order chi connectivity index (χ0) is 16.0. The van der Waals surface area contributed by atoms with Crippen LogP contribution in [0.3, 0.4) is 0 Å². The Morgan fingerprint density at radius 3 is 2.52 bits per heavy atom. The number of aromatic nitrogens is 1. The minimum Gasteiger partial charge on any atom is -0.467 e. The lowest BCUT2D eigenvalue weighted by molar-refractivity contribution is -0.134. The maximum absolute atomic E-state index is 12.1. The first-order valence-electron chi connectivity index (χ1n) is 8.44. The standard InChI is InChI=1S/C18H22N2O2S/c1-11-3-4-12(2)16-15(11)19-18(23-16)22-14-7-9-20(10-8-14)17(21)13-5-6-13/h3-4,13-14H,5-10H2,1-2H3. The molecule has 2 fully saturated rings. The highest BCUT2D eigenvalue weighted by Crippen LogP contribution is 2.35. The molecule has 23 heavy (non-hydrogen) atoms. The topological polar surface area (TPSA) is 42.4 Å². The molecule has 1 aromatic heterocycles. The zero-order valence-corrected chi connectivity index (χ0v) is 14.5. The van der Waals surface area contributed by atoms with Crippen LogP contribution in [-0.2, 0) is 4.79 Å². The number of nitrogens with zero attached hydrogens (tertiary/aromatic N) is 2. The number of hydrogen-bond acceptors (Lipinski definition) is 4. The molecule has 1 aliphatic heterocycles. The van der Waals surface area contributed by atoms with Crippen LogP contribution in [0.4, 0.5) is 0 Å². The van der Waals surface area contributed by atoms with E-state index >= 15 is 0 Å². The second kappa shape index (κ2) is 5.78. The van der Waals surface area contributed by atoms with Crippen molar-refractivity contribution in [2.24, 2.45) is 5.92 Å². The maximum Gasteiger partial charge on any atom is 0.274 e. The van der Waals surface area contributed by atoms with Crippen molar-refractivity contribution in [3.63, 3.8) is 0 Å². The van der Waals surface area contributed by atoms with E-state index in [0.29, 0.717) is 11.8 Å². The number of likely N-dealkylation sites (tertiary alicyclic amines) is 1. The van der Waals surface area contributed by atoms with Crippen molar-refractivity contribution in [1.82, 2.24) is 9.88 Å². The predicted octanol–water partition coefficient (Wildman–Crippen LogP) is 3.69. The third kappa shape index (κ3) is 2.94. The highest BCUT2D eigenvalue weighted by Gasteiger charge is 2.35. The lowest BCUT2D eigenvalue weighted by Crippen LogP contribution is -2.42. The third-order valence-corrected chi connectivity index (χ3v) is 5.95. The van der Waals surface area contributed by atoms with E-state index in [1.54, 1.807) is 11.3 Å². The Balaban J connectivity index is 1.42. The largest absolute Gasteiger partial charge is 0.467 e. The minimum atomic E-state index is 0.180. The number of aryl methyl sites for hydroxylation is 2. The Bertz CT molecular complexity index is 704. The molecule has 2 aliphatic rings. The van der Waals surface area contributed by atoms with E-state index in [1.165, 1.54) is 15.8 Å². The summed E-state index contributed by atoms with van der Waals surface area (Å²) in [5.74, 6) is 0.678. The van der Waals surface area contributed by atoms with Crippen molar-refractivity contribution in [2.45, 2.75) is 45.6 Å². The number of hydrogen-bond donors (Lipinski definition) is 0. The van der Waals surface area contributed by atoms with Gasteiger partial charge in [-0.3, -0.25) is 4.79 Å². The van der Waals surface area contributed by atoms with Gasteiger partial charge in [-0.05, 0) is 37.8 Å². The van der Waals surface area contributed by atoms with Gasteiger partial charge in [0, 0.05) is 31.8 Å². The summed E-state index contributed by atoms with van der Waals surface area (Å²) in [6.07, 6.45) is 4.16. The van der Waals surface area contributed by atoms with Crippen LogP contribution in [0, 0.1) is 19.8 Å². The van der Waals surface area contributed by atoms with E-state index in [9.17, 15) is 4.79 Å². The van der Waals surface area contributed by atoms with Gasteiger partial charge in [-0.25, -0.2) is 4.98 Å². The van der Waals surface area contributed by atoms with Gasteiger partial charge in [0.15, 0.2) is 0 Å². The molecule has 0 N–H and O–H groups in total. The van der Waals surface area contributed by atoms with Crippen LogP contribution >= 0.6 is 11.3 Å². The molecule has 1 amide bonds. The Kier molecular flexibility index (Phi) is 3.76. The normalized spacial score (nSPS) is 19.3. The van der Waals surface area contributed by atoms with E-state index in [0.717, 1.165) is 49.5 Å². The summed E-state index contributed by atoms with van der Waals surface area (Å²) in [5.41, 5.74) is 3.51. The summed E-state index contributed by atoms with van der Waals surface area (Å²) < 4.78 is 7.35. The summed E-state index contributed by atoms with van der Waals surface area (Å²) in [6.45, 7) is 5.85. The van der Waals surface area contributed by atoms with Gasteiger partial charge < -0.3 is 9.64 Å². The van der Waals surface area contributed by atoms with Gasteiger partial charge in [-0.15, -0.1) is 0 Å². The van der Waals surface area contributed by atoms with Crippen LogP contribution in [-0.4, -0.2) is 35.0 Å². The number of benzene rings is 1. The quantitative estimate of drug-likeness (QED) is 0.862. The van der Waals surface area contributed by atoms with Crippen molar-refractivity contribution in [2.75, 3.05) is 13.1 Å². The molecule has 122 valence electrons. The van der Waals surface area contributed by atoms with E-state index in [-0.39, 0.29) is 6.10 Å². The van der Waals surface area contributed by atoms with Crippen LogP contribution in [0.15, 0.2) is 12.1 Å². The second-order valence-electron chi connectivity index (χ2n) is 6.77. The fourth-order valence-corrected chi connectivity index (χ4v) is 4.24. The van der Waals surface area contributed by atoms with E-state index in [4.69, 9.17) is 4.74 Å². The summed E-state index contributed by atoms with van der Waals surface area (Å²) in [5, 5.41) is 0.768. The smallest absolute Gasteiger partial charge is 0.274 e. The highest BCUT2D eigenvalue weighted by atomic mass is 32.1. The molecular formula is C18H22N2O2S. The molecule has 5 heteroatoms. The van der Waals surface area contributed by atoms with Crippen LogP contribution in [0.25, 0.3) is 10.2 Å². The average Bonchev–Trinajstić information content (AvgIpc) is 3.31. The fourth-order valence-electron chi connectivity index (χ4n) is 3.22. The van der Waals surface area contributed by atoms with E-state index in [2.05, 4.69) is 31.0 Å². The number of amides is 1. The van der Waals surface area contributed by atoms with Crippen LogP contribution < -0.4 is 4.74 Å². The van der Waals surface area contributed by atoms with Gasteiger partial charge in [-0.2, -0.15) is 0 Å². The minimum absolute atomic E-state index is 0.180. The number of thiazole rings is 1. The molecule has 1 aliphatic carbocycles. The molecule has 2 aromatic rings. The molecule has 0 spiro atoms. The molecule has 0 bridgehead atoms. The van der Waals surface area contributed by atoms with Gasteiger partial charge in [0.25, 0.3) is 5.19 Å². The van der Waals surface area contributed by atoms with Crippen molar-refractivity contribution in [3.8, 4) is 5.19 Å². The first-order chi connectivity index (χ1) is 11.1. The predicted molar refractivity (Wildman–Crippen MR) is 92.0 cm³/mol. The maximum atomic E-state index is 12.1. The lowest BCUT2D eigenvalue weighted by atomic mass is 10.1. The third-order valence-electron chi connectivity index (χ3n) is 4.87. The number of ether oxygens (including phenoxy) is 1. The van der Waals surface area contributed by atoms with Gasteiger partial charge in [0.05, 0.1) is 10.2 Å². The van der Waals surface area contributed by atoms with Gasteiger partial charge in [0.1, 0.15) is 6.10 Å². The molecular weight excluding hydrogens is 308 g/mol. The fraction of sp³-hybridized carbons (Fsp3) is 0.556. The van der Waals surface area contributed by atoms with Crippen LogP contribution in [0.2, 0.25) is 0 Å². The number of fused-ring (bicyclic) bond motifs is 1.